The van der Waals surface area contributed by atoms with Crippen LogP contribution in [0.15, 0.2) is 24.3 Å². The quantitative estimate of drug-likeness (QED) is 0.891. The maximum Gasteiger partial charge on any atom is 0.0376 e. The topological polar surface area (TPSA) is 15.3 Å². The number of likely N-dealkylation sites (N-methyl/N-ethyl adjacent to an activating group) is 1. The van der Waals surface area contributed by atoms with Crippen LogP contribution >= 0.6 is 0 Å². The molecular formula is C18H28N2. The van der Waals surface area contributed by atoms with Gasteiger partial charge in [-0.25, -0.2) is 0 Å². The van der Waals surface area contributed by atoms with Crippen molar-refractivity contribution in [1.82, 2.24) is 4.90 Å². The third-order valence-corrected chi connectivity index (χ3v) is 5.33. The summed E-state index contributed by atoms with van der Waals surface area (Å²) in [7, 11) is 2.34. The van der Waals surface area contributed by atoms with Crippen LogP contribution in [0.4, 0.5) is 5.69 Å². The van der Waals surface area contributed by atoms with Gasteiger partial charge in [0.2, 0.25) is 0 Å². The van der Waals surface area contributed by atoms with Gasteiger partial charge >= 0.3 is 0 Å². The zero-order valence-electron chi connectivity index (χ0n) is 12.9. The second-order valence-electron chi connectivity index (χ2n) is 6.85. The van der Waals surface area contributed by atoms with Crippen molar-refractivity contribution in [2.24, 2.45) is 5.92 Å². The smallest absolute Gasteiger partial charge is 0.0376 e. The summed E-state index contributed by atoms with van der Waals surface area (Å²) in [5.74, 6) is 1.65. The van der Waals surface area contributed by atoms with E-state index in [1.165, 1.54) is 49.9 Å². The molecule has 0 radical (unpaired) electrons. The number of nitrogens with one attached hydrogen (secondary N) is 1. The van der Waals surface area contributed by atoms with Gasteiger partial charge < -0.3 is 10.2 Å². The Balaban J connectivity index is 1.63. The third kappa shape index (κ3) is 3.01. The third-order valence-electron chi connectivity index (χ3n) is 5.33. The van der Waals surface area contributed by atoms with Crippen LogP contribution < -0.4 is 5.32 Å². The lowest BCUT2D eigenvalue weighted by atomic mass is 9.85. The van der Waals surface area contributed by atoms with Crippen molar-refractivity contribution in [2.75, 3.05) is 25.5 Å². The first-order valence-corrected chi connectivity index (χ1v) is 8.27. The van der Waals surface area contributed by atoms with Crippen molar-refractivity contribution in [3.8, 4) is 0 Å². The maximum atomic E-state index is 3.53. The Hall–Kier alpha value is -1.02. The van der Waals surface area contributed by atoms with E-state index in [0.29, 0.717) is 5.92 Å². The van der Waals surface area contributed by atoms with Gasteiger partial charge in [-0.1, -0.05) is 25.1 Å². The molecule has 3 rings (SSSR count). The lowest BCUT2D eigenvalue weighted by molar-refractivity contribution is 0.160. The highest BCUT2D eigenvalue weighted by atomic mass is 15.1. The molecular weight excluding hydrogens is 244 g/mol. The highest BCUT2D eigenvalue weighted by Gasteiger charge is 2.26. The van der Waals surface area contributed by atoms with Crippen LogP contribution in [0.1, 0.15) is 50.5 Å². The fourth-order valence-electron chi connectivity index (χ4n) is 3.92. The fraction of sp³-hybridized carbons (Fsp3) is 0.667. The first-order valence-electron chi connectivity index (χ1n) is 8.27. The minimum Gasteiger partial charge on any atom is -0.385 e. The lowest BCUT2D eigenvalue weighted by Gasteiger charge is -2.37. The van der Waals surface area contributed by atoms with Gasteiger partial charge in [0.1, 0.15) is 0 Å². The van der Waals surface area contributed by atoms with E-state index in [1.807, 2.05) is 0 Å². The van der Waals surface area contributed by atoms with E-state index in [9.17, 15) is 0 Å². The molecule has 2 heteroatoms. The maximum absolute atomic E-state index is 3.53. The van der Waals surface area contributed by atoms with E-state index < -0.39 is 0 Å². The summed E-state index contributed by atoms with van der Waals surface area (Å²) in [5.41, 5.74) is 2.88. The number of nitrogens with zero attached hydrogens (tertiary/aromatic N) is 1. The standard InChI is InChI=1S/C18H28N2/c1-14-7-9-16(10-8-14)20(2)13-15-11-12-19-18-6-4-3-5-17(15)18/h3-6,14-16,19H,7-13H2,1-2H3. The fourth-order valence-corrected chi connectivity index (χ4v) is 3.92. The molecule has 2 nitrogen and oxygen atoms in total. The summed E-state index contributed by atoms with van der Waals surface area (Å²) in [6, 6.07) is 9.67. The molecule has 2 aliphatic rings. The van der Waals surface area contributed by atoms with E-state index >= 15 is 0 Å². The summed E-state index contributed by atoms with van der Waals surface area (Å²) in [6.07, 6.45) is 6.88. The molecule has 1 saturated carbocycles. The van der Waals surface area contributed by atoms with E-state index in [1.54, 1.807) is 0 Å². The molecule has 0 saturated heterocycles. The molecule has 1 aliphatic heterocycles. The molecule has 1 atom stereocenters. The van der Waals surface area contributed by atoms with E-state index in [0.717, 1.165) is 18.5 Å². The van der Waals surface area contributed by atoms with E-state index in [-0.39, 0.29) is 0 Å². The van der Waals surface area contributed by atoms with Gasteiger partial charge in [0, 0.05) is 30.7 Å². The Morgan fingerprint density at radius 2 is 1.85 bits per heavy atom. The normalized spacial score (nSPS) is 29.9. The molecule has 1 aromatic rings. The number of benzene rings is 1. The van der Waals surface area contributed by atoms with Gasteiger partial charge in [-0.05, 0) is 56.7 Å². The lowest BCUT2D eigenvalue weighted by Crippen LogP contribution is -2.38. The summed E-state index contributed by atoms with van der Waals surface area (Å²) < 4.78 is 0. The van der Waals surface area contributed by atoms with Crippen LogP contribution in [-0.4, -0.2) is 31.1 Å². The summed E-state index contributed by atoms with van der Waals surface area (Å²) >= 11 is 0. The minimum atomic E-state index is 0.705. The van der Waals surface area contributed by atoms with Gasteiger partial charge in [-0.15, -0.1) is 0 Å². The zero-order chi connectivity index (χ0) is 13.9. The Morgan fingerprint density at radius 3 is 2.65 bits per heavy atom. The highest BCUT2D eigenvalue weighted by Crippen LogP contribution is 2.33. The van der Waals surface area contributed by atoms with Crippen LogP contribution in [-0.2, 0) is 0 Å². The van der Waals surface area contributed by atoms with Crippen molar-refractivity contribution in [3.63, 3.8) is 0 Å². The second kappa shape index (κ2) is 6.17. The van der Waals surface area contributed by atoms with Crippen LogP contribution in [0, 0.1) is 5.92 Å². The van der Waals surface area contributed by atoms with Crippen molar-refractivity contribution in [3.05, 3.63) is 29.8 Å². The molecule has 0 bridgehead atoms. The molecule has 1 N–H and O–H groups in total. The molecule has 0 aromatic heterocycles. The van der Waals surface area contributed by atoms with Crippen molar-refractivity contribution in [2.45, 2.75) is 51.0 Å². The van der Waals surface area contributed by atoms with Gasteiger partial charge in [0.05, 0.1) is 0 Å². The minimum absolute atomic E-state index is 0.705. The van der Waals surface area contributed by atoms with Crippen LogP contribution in [0.3, 0.4) is 0 Å². The molecule has 20 heavy (non-hydrogen) atoms. The summed E-state index contributed by atoms with van der Waals surface area (Å²) in [6.45, 7) is 4.74. The molecule has 1 fully saturated rings. The molecule has 0 spiro atoms. The van der Waals surface area contributed by atoms with Gasteiger partial charge in [-0.3, -0.25) is 0 Å². The average molecular weight is 272 g/mol. The van der Waals surface area contributed by atoms with Gasteiger partial charge in [-0.2, -0.15) is 0 Å². The number of rotatable bonds is 3. The zero-order valence-corrected chi connectivity index (χ0v) is 12.9. The number of hydrogen-bond acceptors (Lipinski definition) is 2. The van der Waals surface area contributed by atoms with Crippen LogP contribution in [0.5, 0.6) is 0 Å². The van der Waals surface area contributed by atoms with E-state index in [4.69, 9.17) is 0 Å². The van der Waals surface area contributed by atoms with Crippen molar-refractivity contribution in [1.29, 1.82) is 0 Å². The Morgan fingerprint density at radius 1 is 1.10 bits per heavy atom. The Bertz CT molecular complexity index is 435. The van der Waals surface area contributed by atoms with Gasteiger partial charge in [0.15, 0.2) is 0 Å². The number of anilines is 1. The number of para-hydroxylation sites is 1. The predicted octanol–water partition coefficient (Wildman–Crippen LogP) is 4.10. The predicted molar refractivity (Wildman–Crippen MR) is 86.3 cm³/mol. The first kappa shape index (κ1) is 13.9. The van der Waals surface area contributed by atoms with Crippen molar-refractivity contribution >= 4 is 5.69 Å². The molecule has 1 aromatic carbocycles. The second-order valence-corrected chi connectivity index (χ2v) is 6.85. The van der Waals surface area contributed by atoms with E-state index in [2.05, 4.69) is 48.5 Å². The first-order chi connectivity index (χ1) is 9.74. The SMILES string of the molecule is CC1CCC(N(C)CC2CCNc3ccccc32)CC1. The summed E-state index contributed by atoms with van der Waals surface area (Å²) in [5, 5.41) is 3.53. The molecule has 110 valence electrons. The largest absolute Gasteiger partial charge is 0.385 e. The number of hydrogen-bond donors (Lipinski definition) is 1. The molecule has 1 unspecified atom stereocenters. The van der Waals surface area contributed by atoms with Crippen LogP contribution in [0.25, 0.3) is 0 Å². The highest BCUT2D eigenvalue weighted by molar-refractivity contribution is 5.54. The Kier molecular flexibility index (Phi) is 4.30. The monoisotopic (exact) mass is 272 g/mol. The van der Waals surface area contributed by atoms with Crippen LogP contribution in [0.2, 0.25) is 0 Å². The molecule has 1 heterocycles. The molecule has 1 aliphatic carbocycles. The molecule has 0 amide bonds. The van der Waals surface area contributed by atoms with Crippen molar-refractivity contribution < 1.29 is 0 Å². The summed E-state index contributed by atoms with van der Waals surface area (Å²) in [4.78, 5) is 2.64. The Labute approximate surface area is 123 Å². The average Bonchev–Trinajstić information content (AvgIpc) is 2.48. The van der Waals surface area contributed by atoms with Gasteiger partial charge in [0.25, 0.3) is 0 Å². The number of fused-ring (bicyclic) bond motifs is 1.